The molecule has 0 spiro atoms. The maximum Gasteiger partial charge on any atom is -0.0383 e. The third-order valence-electron chi connectivity index (χ3n) is 4.04. The highest BCUT2D eigenvalue weighted by atomic mass is 14.4. The molecule has 0 heteroatoms. The van der Waals surface area contributed by atoms with Gasteiger partial charge in [-0.1, -0.05) is 59.3 Å². The first-order chi connectivity index (χ1) is 6.77. The van der Waals surface area contributed by atoms with Crippen LogP contribution in [0.4, 0.5) is 0 Å². The molecule has 1 aliphatic rings. The summed E-state index contributed by atoms with van der Waals surface area (Å²) in [6.45, 7) is 7.07. The average Bonchev–Trinajstić information content (AvgIpc) is 2.09. The Hall–Kier alpha value is 0. The van der Waals surface area contributed by atoms with Crippen LogP contribution in [-0.2, 0) is 0 Å². The Morgan fingerprint density at radius 1 is 1.07 bits per heavy atom. The van der Waals surface area contributed by atoms with Gasteiger partial charge in [0, 0.05) is 0 Å². The largest absolute Gasteiger partial charge is 0.0654 e. The summed E-state index contributed by atoms with van der Waals surface area (Å²) >= 11 is 0. The molecule has 1 unspecified atom stereocenters. The summed E-state index contributed by atoms with van der Waals surface area (Å²) in [4.78, 5) is 0. The van der Waals surface area contributed by atoms with Crippen LogP contribution in [0.15, 0.2) is 0 Å². The zero-order valence-corrected chi connectivity index (χ0v) is 10.4. The molecule has 0 heterocycles. The molecule has 0 bridgehead atoms. The Morgan fingerprint density at radius 2 is 1.79 bits per heavy atom. The van der Waals surface area contributed by atoms with E-state index in [9.17, 15) is 0 Å². The average molecular weight is 196 g/mol. The Kier molecular flexibility index (Phi) is 5.59. The molecular weight excluding hydrogens is 168 g/mol. The van der Waals surface area contributed by atoms with E-state index in [0.29, 0.717) is 0 Å². The van der Waals surface area contributed by atoms with Crippen LogP contribution >= 0.6 is 0 Å². The van der Waals surface area contributed by atoms with Gasteiger partial charge in [0.25, 0.3) is 0 Å². The number of unbranched alkanes of at least 4 members (excludes halogenated alkanes) is 2. The van der Waals surface area contributed by atoms with Gasteiger partial charge in [0.05, 0.1) is 0 Å². The molecule has 1 aliphatic carbocycles. The van der Waals surface area contributed by atoms with E-state index in [1.807, 2.05) is 0 Å². The van der Waals surface area contributed by atoms with Gasteiger partial charge in [-0.25, -0.2) is 0 Å². The molecule has 0 aromatic heterocycles. The fourth-order valence-corrected chi connectivity index (χ4v) is 2.86. The van der Waals surface area contributed by atoms with Crippen molar-refractivity contribution in [2.75, 3.05) is 0 Å². The van der Waals surface area contributed by atoms with Gasteiger partial charge >= 0.3 is 0 Å². The summed E-state index contributed by atoms with van der Waals surface area (Å²) in [5.41, 5.74) is 0. The molecule has 84 valence electrons. The van der Waals surface area contributed by atoms with Crippen molar-refractivity contribution in [2.45, 2.75) is 72.1 Å². The van der Waals surface area contributed by atoms with Crippen molar-refractivity contribution in [1.82, 2.24) is 0 Å². The fourth-order valence-electron chi connectivity index (χ4n) is 2.86. The second-order valence-corrected chi connectivity index (χ2v) is 5.36. The highest BCUT2D eigenvalue weighted by Crippen LogP contribution is 2.42. The van der Waals surface area contributed by atoms with Crippen molar-refractivity contribution >= 4 is 0 Å². The summed E-state index contributed by atoms with van der Waals surface area (Å²) < 4.78 is 0. The maximum absolute atomic E-state index is 2.45. The van der Waals surface area contributed by atoms with Crippen LogP contribution in [0.3, 0.4) is 0 Å². The first-order valence-electron chi connectivity index (χ1n) is 6.77. The molecule has 0 radical (unpaired) electrons. The van der Waals surface area contributed by atoms with Crippen molar-refractivity contribution in [3.05, 3.63) is 0 Å². The first-order valence-corrected chi connectivity index (χ1v) is 6.77. The summed E-state index contributed by atoms with van der Waals surface area (Å²) in [5, 5.41) is 0. The van der Waals surface area contributed by atoms with Gasteiger partial charge in [-0.3, -0.25) is 0 Å². The van der Waals surface area contributed by atoms with E-state index in [0.717, 1.165) is 17.8 Å². The third kappa shape index (κ3) is 3.63. The van der Waals surface area contributed by atoms with Gasteiger partial charge in [0.2, 0.25) is 0 Å². The Balaban J connectivity index is 1.99. The van der Waals surface area contributed by atoms with E-state index in [-0.39, 0.29) is 0 Å². The summed E-state index contributed by atoms with van der Waals surface area (Å²) in [6, 6.07) is 0. The van der Waals surface area contributed by atoms with E-state index in [1.54, 1.807) is 12.8 Å². The van der Waals surface area contributed by atoms with E-state index in [2.05, 4.69) is 20.8 Å². The van der Waals surface area contributed by atoms with Crippen LogP contribution in [0.1, 0.15) is 72.1 Å². The third-order valence-corrected chi connectivity index (χ3v) is 4.04. The van der Waals surface area contributed by atoms with E-state index < -0.39 is 0 Å². The van der Waals surface area contributed by atoms with Gasteiger partial charge < -0.3 is 0 Å². The lowest BCUT2D eigenvalue weighted by molar-refractivity contribution is 0.117. The lowest BCUT2D eigenvalue weighted by Crippen LogP contribution is -2.28. The van der Waals surface area contributed by atoms with Crippen molar-refractivity contribution in [1.29, 1.82) is 0 Å². The molecule has 14 heavy (non-hydrogen) atoms. The molecule has 0 aliphatic heterocycles. The van der Waals surface area contributed by atoms with Crippen molar-refractivity contribution < 1.29 is 0 Å². The minimum Gasteiger partial charge on any atom is -0.0654 e. The normalized spacial score (nSPS) is 28.5. The minimum absolute atomic E-state index is 1.00. The zero-order chi connectivity index (χ0) is 10.4. The quantitative estimate of drug-likeness (QED) is 0.501. The molecule has 1 atom stereocenters. The second kappa shape index (κ2) is 6.48. The molecule has 0 amide bonds. The Labute approximate surface area is 90.5 Å². The van der Waals surface area contributed by atoms with Crippen LogP contribution in [0.5, 0.6) is 0 Å². The number of rotatable bonds is 7. The van der Waals surface area contributed by atoms with E-state index in [4.69, 9.17) is 0 Å². The lowest BCUT2D eigenvalue weighted by atomic mass is 9.66. The lowest BCUT2D eigenvalue weighted by Gasteiger charge is -2.39. The standard InChI is InChI=1S/C14H28/c1-4-6-7-9-13-10-14(11-13)12(3)8-5-2/h12-14H,4-11H2,1-3H3. The predicted molar refractivity (Wildman–Crippen MR) is 64.4 cm³/mol. The maximum atomic E-state index is 2.45. The zero-order valence-electron chi connectivity index (χ0n) is 10.4. The van der Waals surface area contributed by atoms with Crippen molar-refractivity contribution in [2.24, 2.45) is 17.8 Å². The molecule has 0 nitrogen and oxygen atoms in total. The summed E-state index contributed by atoms with van der Waals surface area (Å²) in [5.74, 6) is 3.19. The molecule has 0 N–H and O–H groups in total. The predicted octanol–water partition coefficient (Wildman–Crippen LogP) is 5.03. The Morgan fingerprint density at radius 3 is 2.36 bits per heavy atom. The molecule has 0 aromatic carbocycles. The molecule has 0 aromatic rings. The van der Waals surface area contributed by atoms with Crippen LogP contribution < -0.4 is 0 Å². The SMILES string of the molecule is CCCCCC1CC(C(C)CCC)C1. The highest BCUT2D eigenvalue weighted by molar-refractivity contribution is 4.82. The molecule has 0 saturated heterocycles. The Bertz CT molecular complexity index is 133. The van der Waals surface area contributed by atoms with Crippen molar-refractivity contribution in [3.8, 4) is 0 Å². The summed E-state index contributed by atoms with van der Waals surface area (Å²) in [7, 11) is 0. The summed E-state index contributed by atoms with van der Waals surface area (Å²) in [6.07, 6.45) is 11.7. The fraction of sp³-hybridized carbons (Fsp3) is 1.00. The smallest absolute Gasteiger partial charge is 0.0383 e. The van der Waals surface area contributed by atoms with Gasteiger partial charge in [-0.05, 0) is 30.6 Å². The molecule has 1 saturated carbocycles. The first kappa shape index (κ1) is 12.1. The van der Waals surface area contributed by atoms with Crippen molar-refractivity contribution in [3.63, 3.8) is 0 Å². The monoisotopic (exact) mass is 196 g/mol. The minimum atomic E-state index is 1.00. The van der Waals surface area contributed by atoms with Crippen LogP contribution in [0.25, 0.3) is 0 Å². The van der Waals surface area contributed by atoms with Crippen LogP contribution in [0.2, 0.25) is 0 Å². The topological polar surface area (TPSA) is 0 Å². The van der Waals surface area contributed by atoms with E-state index >= 15 is 0 Å². The van der Waals surface area contributed by atoms with Gasteiger partial charge in [-0.15, -0.1) is 0 Å². The van der Waals surface area contributed by atoms with E-state index in [1.165, 1.54) is 38.5 Å². The van der Waals surface area contributed by atoms with Crippen LogP contribution in [-0.4, -0.2) is 0 Å². The van der Waals surface area contributed by atoms with Gasteiger partial charge in [0.1, 0.15) is 0 Å². The number of hydrogen-bond donors (Lipinski definition) is 0. The van der Waals surface area contributed by atoms with Gasteiger partial charge in [0.15, 0.2) is 0 Å². The number of hydrogen-bond acceptors (Lipinski definition) is 0. The molecule has 1 rings (SSSR count). The molecule has 1 fully saturated rings. The van der Waals surface area contributed by atoms with Crippen LogP contribution in [0, 0.1) is 17.8 Å². The van der Waals surface area contributed by atoms with Gasteiger partial charge in [-0.2, -0.15) is 0 Å². The second-order valence-electron chi connectivity index (χ2n) is 5.36. The molecular formula is C14H28. The highest BCUT2D eigenvalue weighted by Gasteiger charge is 2.31.